The van der Waals surface area contributed by atoms with Crippen LogP contribution in [0.2, 0.25) is 0 Å². The second-order valence-electron chi connectivity index (χ2n) is 7.65. The van der Waals surface area contributed by atoms with Crippen molar-refractivity contribution < 1.29 is 17.6 Å². The zero-order chi connectivity index (χ0) is 22.6. The number of halogens is 4. The molecule has 0 saturated carbocycles. The summed E-state index contributed by atoms with van der Waals surface area (Å²) >= 11 is 0. The Morgan fingerprint density at radius 3 is 2.41 bits per heavy atom. The predicted molar refractivity (Wildman–Crippen MR) is 115 cm³/mol. The number of hydrogen-bond acceptors (Lipinski definition) is 3. The lowest BCUT2D eigenvalue weighted by Crippen LogP contribution is -1.96. The van der Waals surface area contributed by atoms with Crippen LogP contribution < -0.4 is 5.73 Å². The van der Waals surface area contributed by atoms with E-state index in [1.165, 1.54) is 18.3 Å². The molecular formula is C24H16F4N4. The summed E-state index contributed by atoms with van der Waals surface area (Å²) in [4.78, 5) is 8.13. The Labute approximate surface area is 179 Å². The van der Waals surface area contributed by atoms with Gasteiger partial charge in [-0.25, -0.2) is 22.5 Å². The fourth-order valence-corrected chi connectivity index (χ4v) is 4.09. The smallest absolute Gasteiger partial charge is 0.165 e. The highest BCUT2D eigenvalue weighted by atomic mass is 19.1. The average molecular weight is 436 g/mol. The second kappa shape index (κ2) is 7.33. The average Bonchev–Trinajstić information content (AvgIpc) is 3.08. The van der Waals surface area contributed by atoms with Crippen molar-refractivity contribution in [2.24, 2.45) is 7.05 Å². The molecule has 0 aliphatic heterocycles. The number of rotatable bonds is 3. The van der Waals surface area contributed by atoms with Gasteiger partial charge in [0.05, 0.1) is 17.1 Å². The highest BCUT2D eigenvalue weighted by Gasteiger charge is 2.19. The fourth-order valence-electron chi connectivity index (χ4n) is 4.09. The van der Waals surface area contributed by atoms with Gasteiger partial charge in [-0.2, -0.15) is 0 Å². The molecule has 0 radical (unpaired) electrons. The molecule has 3 heterocycles. The third kappa shape index (κ3) is 3.24. The summed E-state index contributed by atoms with van der Waals surface area (Å²) < 4.78 is 58.2. The molecule has 0 fully saturated rings. The van der Waals surface area contributed by atoms with Gasteiger partial charge < -0.3 is 10.3 Å². The number of nitrogens with two attached hydrogens (primary N) is 1. The minimum absolute atomic E-state index is 0.104. The van der Waals surface area contributed by atoms with Crippen molar-refractivity contribution in [1.82, 2.24) is 14.5 Å². The number of benzene rings is 2. The Morgan fingerprint density at radius 2 is 1.66 bits per heavy atom. The van der Waals surface area contributed by atoms with Gasteiger partial charge in [-0.05, 0) is 29.1 Å². The molecule has 5 rings (SSSR count). The quantitative estimate of drug-likeness (QED) is 0.379. The van der Waals surface area contributed by atoms with Crippen LogP contribution in [0.3, 0.4) is 0 Å². The first-order valence-electron chi connectivity index (χ1n) is 9.73. The molecule has 8 heteroatoms. The molecule has 0 atom stereocenters. The van der Waals surface area contributed by atoms with Crippen LogP contribution in [0.5, 0.6) is 0 Å². The van der Waals surface area contributed by atoms with E-state index in [4.69, 9.17) is 5.73 Å². The van der Waals surface area contributed by atoms with Gasteiger partial charge in [0.25, 0.3) is 0 Å². The Kier molecular flexibility index (Phi) is 4.58. The van der Waals surface area contributed by atoms with Crippen LogP contribution in [0, 0.1) is 23.3 Å². The summed E-state index contributed by atoms with van der Waals surface area (Å²) in [5.74, 6) is -2.32. The third-order valence-corrected chi connectivity index (χ3v) is 5.47. The van der Waals surface area contributed by atoms with Gasteiger partial charge in [0, 0.05) is 54.1 Å². The topological polar surface area (TPSA) is 56.7 Å². The minimum atomic E-state index is -0.670. The maximum atomic E-state index is 15.5. The van der Waals surface area contributed by atoms with E-state index in [0.717, 1.165) is 12.3 Å². The number of fused-ring (bicyclic) bond motifs is 2. The first-order valence-corrected chi connectivity index (χ1v) is 9.73. The SMILES string of the molecule is Cn1cc(-c2ccc3cc(Cc4cc(F)cc(F)c4)ncc3c2F)c2c(N)ncc(F)c21. The van der Waals surface area contributed by atoms with Crippen LogP contribution in [-0.2, 0) is 13.5 Å². The van der Waals surface area contributed by atoms with Crippen LogP contribution in [0.4, 0.5) is 23.4 Å². The molecular weight excluding hydrogens is 420 g/mol. The Hall–Kier alpha value is -3.94. The van der Waals surface area contributed by atoms with Crippen molar-refractivity contribution in [3.8, 4) is 11.1 Å². The Morgan fingerprint density at radius 1 is 0.906 bits per heavy atom. The van der Waals surface area contributed by atoms with Crippen molar-refractivity contribution in [2.45, 2.75) is 6.42 Å². The molecule has 0 spiro atoms. The summed E-state index contributed by atoms with van der Waals surface area (Å²) in [6, 6.07) is 8.24. The Balaban J connectivity index is 1.61. The molecule has 5 aromatic rings. The maximum Gasteiger partial charge on any atom is 0.165 e. The summed E-state index contributed by atoms with van der Waals surface area (Å²) in [5.41, 5.74) is 7.84. The largest absolute Gasteiger partial charge is 0.383 e. The van der Waals surface area contributed by atoms with E-state index >= 15 is 4.39 Å². The molecule has 0 bridgehead atoms. The van der Waals surface area contributed by atoms with Crippen LogP contribution in [0.15, 0.2) is 55.0 Å². The van der Waals surface area contributed by atoms with Crippen LogP contribution in [0.25, 0.3) is 32.8 Å². The van der Waals surface area contributed by atoms with E-state index in [1.807, 2.05) is 0 Å². The van der Waals surface area contributed by atoms with Gasteiger partial charge >= 0.3 is 0 Å². The molecule has 0 amide bonds. The zero-order valence-corrected chi connectivity index (χ0v) is 16.8. The van der Waals surface area contributed by atoms with E-state index in [1.54, 1.807) is 36.0 Å². The molecule has 0 saturated heterocycles. The molecule has 32 heavy (non-hydrogen) atoms. The molecule has 0 unspecified atom stereocenters. The van der Waals surface area contributed by atoms with Crippen molar-refractivity contribution in [1.29, 1.82) is 0 Å². The summed E-state index contributed by atoms with van der Waals surface area (Å²) in [7, 11) is 1.65. The maximum absolute atomic E-state index is 15.5. The molecule has 4 nitrogen and oxygen atoms in total. The number of aromatic nitrogens is 3. The number of aryl methyl sites for hydroxylation is 1. The molecule has 3 aromatic heterocycles. The molecule has 2 aromatic carbocycles. The van der Waals surface area contributed by atoms with Crippen molar-refractivity contribution in [2.75, 3.05) is 5.73 Å². The van der Waals surface area contributed by atoms with Gasteiger partial charge in [-0.15, -0.1) is 0 Å². The van der Waals surface area contributed by atoms with E-state index in [2.05, 4.69) is 9.97 Å². The minimum Gasteiger partial charge on any atom is -0.383 e. The molecule has 160 valence electrons. The standard InChI is InChI=1S/C24H16F4N4/c1-32-11-19(21-23(32)20(27)10-31-24(21)29)17-3-2-13-7-16(30-9-18(13)22(17)28)6-12-4-14(25)8-15(26)5-12/h2-5,7-11H,6H2,1H3,(H2,29,31). The van der Waals surface area contributed by atoms with Crippen molar-refractivity contribution >= 4 is 27.5 Å². The lowest BCUT2D eigenvalue weighted by molar-refractivity contribution is 0.580. The third-order valence-electron chi connectivity index (χ3n) is 5.47. The van der Waals surface area contributed by atoms with Crippen molar-refractivity contribution in [3.05, 3.63) is 89.5 Å². The summed E-state index contributed by atoms with van der Waals surface area (Å²) in [6.45, 7) is 0. The number of anilines is 1. The summed E-state index contributed by atoms with van der Waals surface area (Å²) in [5, 5.41) is 1.17. The van der Waals surface area contributed by atoms with Gasteiger partial charge in [0.15, 0.2) is 5.82 Å². The van der Waals surface area contributed by atoms with Gasteiger partial charge in [0.1, 0.15) is 23.3 Å². The van der Waals surface area contributed by atoms with E-state index in [0.29, 0.717) is 27.6 Å². The van der Waals surface area contributed by atoms with E-state index < -0.39 is 23.3 Å². The lowest BCUT2D eigenvalue weighted by Gasteiger charge is -2.09. The van der Waals surface area contributed by atoms with Gasteiger partial charge in [0.2, 0.25) is 0 Å². The fraction of sp³-hybridized carbons (Fsp3) is 0.0833. The van der Waals surface area contributed by atoms with Crippen LogP contribution in [-0.4, -0.2) is 14.5 Å². The molecule has 2 N–H and O–H groups in total. The number of pyridine rings is 2. The molecule has 0 aliphatic carbocycles. The van der Waals surface area contributed by atoms with Gasteiger partial charge in [-0.1, -0.05) is 12.1 Å². The van der Waals surface area contributed by atoms with E-state index in [9.17, 15) is 13.2 Å². The highest BCUT2D eigenvalue weighted by Crippen LogP contribution is 2.37. The number of nitrogen functional groups attached to an aromatic ring is 1. The normalized spacial score (nSPS) is 11.5. The number of nitrogens with zero attached hydrogens (tertiary/aromatic N) is 3. The lowest BCUT2D eigenvalue weighted by atomic mass is 10.00. The molecule has 0 aliphatic rings. The first kappa shape index (κ1) is 20.0. The number of hydrogen-bond donors (Lipinski definition) is 1. The highest BCUT2D eigenvalue weighted by molar-refractivity contribution is 6.04. The predicted octanol–water partition coefficient (Wildman–Crippen LogP) is 5.52. The first-order chi connectivity index (χ1) is 15.3. The van der Waals surface area contributed by atoms with Crippen molar-refractivity contribution in [3.63, 3.8) is 0 Å². The second-order valence-corrected chi connectivity index (χ2v) is 7.65. The monoisotopic (exact) mass is 436 g/mol. The van der Waals surface area contributed by atoms with Crippen LogP contribution >= 0.6 is 0 Å². The van der Waals surface area contributed by atoms with E-state index in [-0.39, 0.29) is 28.7 Å². The Bertz CT molecular complexity index is 1500. The van der Waals surface area contributed by atoms with Crippen LogP contribution in [0.1, 0.15) is 11.3 Å². The zero-order valence-electron chi connectivity index (χ0n) is 16.8. The van der Waals surface area contributed by atoms with Gasteiger partial charge in [-0.3, -0.25) is 4.98 Å². The summed E-state index contributed by atoms with van der Waals surface area (Å²) in [6.07, 6.45) is 4.22.